The molecule has 0 radical (unpaired) electrons. The van der Waals surface area contributed by atoms with Crippen LogP contribution in [0, 0.1) is 11.8 Å². The largest absolute Gasteiger partial charge is 0.465 e. The van der Waals surface area contributed by atoms with Crippen LogP contribution < -0.4 is 0 Å². The molecule has 1 rings (SSSR count). The molecule has 1 saturated heterocycles. The number of carbonyl (C=O) groups is 1. The second kappa shape index (κ2) is 5.35. The molecule has 1 unspecified atom stereocenters. The molecule has 14 heavy (non-hydrogen) atoms. The minimum absolute atomic E-state index is 0.0862. The van der Waals surface area contributed by atoms with E-state index < -0.39 is 0 Å². The van der Waals surface area contributed by atoms with E-state index >= 15 is 0 Å². The molecule has 3 nitrogen and oxygen atoms in total. The summed E-state index contributed by atoms with van der Waals surface area (Å²) in [5.41, 5.74) is 0. The van der Waals surface area contributed by atoms with Crippen LogP contribution in [0.25, 0.3) is 0 Å². The first-order chi connectivity index (χ1) is 6.63. The maximum Gasteiger partial charge on any atom is 0.320 e. The highest BCUT2D eigenvalue weighted by atomic mass is 16.5. The molecule has 82 valence electrons. The summed E-state index contributed by atoms with van der Waals surface area (Å²) in [7, 11) is 0. The molecule has 0 aromatic rings. The molecule has 1 heterocycles. The average Bonchev–Trinajstić information content (AvgIpc) is 2.53. The van der Waals surface area contributed by atoms with E-state index in [0.717, 1.165) is 24.9 Å². The normalized spacial score (nSPS) is 23.0. The molecule has 0 aromatic carbocycles. The van der Waals surface area contributed by atoms with Crippen LogP contribution in [0.4, 0.5) is 0 Å². The molecule has 0 spiro atoms. The lowest BCUT2D eigenvalue weighted by atomic mass is 9.95. The Bertz CT molecular complexity index is 192. The highest BCUT2D eigenvalue weighted by Gasteiger charge is 2.26. The van der Waals surface area contributed by atoms with Crippen molar-refractivity contribution in [2.75, 3.05) is 26.2 Å². The van der Waals surface area contributed by atoms with E-state index in [0.29, 0.717) is 13.2 Å². The van der Waals surface area contributed by atoms with E-state index in [9.17, 15) is 4.79 Å². The van der Waals surface area contributed by atoms with Gasteiger partial charge in [0.15, 0.2) is 0 Å². The van der Waals surface area contributed by atoms with Crippen molar-refractivity contribution in [1.29, 1.82) is 0 Å². The fraction of sp³-hybridized carbons (Fsp3) is 0.909. The SMILES string of the molecule is CCOC(=O)CN1CCC(C(C)C)C1. The van der Waals surface area contributed by atoms with Crippen molar-refractivity contribution in [1.82, 2.24) is 4.90 Å². The first kappa shape index (κ1) is 11.5. The Kier molecular flexibility index (Phi) is 4.39. The molecule has 0 amide bonds. The molecule has 0 aromatic heterocycles. The number of hydrogen-bond donors (Lipinski definition) is 0. The lowest BCUT2D eigenvalue weighted by molar-refractivity contribution is -0.144. The average molecular weight is 199 g/mol. The van der Waals surface area contributed by atoms with Crippen molar-refractivity contribution < 1.29 is 9.53 Å². The fourth-order valence-electron chi connectivity index (χ4n) is 1.94. The van der Waals surface area contributed by atoms with Gasteiger partial charge in [0.25, 0.3) is 0 Å². The van der Waals surface area contributed by atoms with Gasteiger partial charge < -0.3 is 4.74 Å². The Morgan fingerprint density at radius 1 is 1.57 bits per heavy atom. The Morgan fingerprint density at radius 2 is 2.29 bits per heavy atom. The summed E-state index contributed by atoms with van der Waals surface area (Å²) in [5, 5.41) is 0. The van der Waals surface area contributed by atoms with Gasteiger partial charge in [-0.2, -0.15) is 0 Å². The zero-order valence-electron chi connectivity index (χ0n) is 9.45. The first-order valence-electron chi connectivity index (χ1n) is 5.51. The van der Waals surface area contributed by atoms with E-state index in [1.807, 2.05) is 6.92 Å². The van der Waals surface area contributed by atoms with Crippen LogP contribution in [-0.4, -0.2) is 37.1 Å². The molecule has 0 aliphatic carbocycles. The van der Waals surface area contributed by atoms with Gasteiger partial charge in [0, 0.05) is 6.54 Å². The summed E-state index contributed by atoms with van der Waals surface area (Å²) in [6.45, 7) is 9.39. The molecule has 0 saturated carbocycles. The Morgan fingerprint density at radius 3 is 2.79 bits per heavy atom. The molecular formula is C11H21NO2. The van der Waals surface area contributed by atoms with Crippen LogP contribution in [0.1, 0.15) is 27.2 Å². The van der Waals surface area contributed by atoms with Gasteiger partial charge in [-0.3, -0.25) is 9.69 Å². The Hall–Kier alpha value is -0.570. The molecular weight excluding hydrogens is 178 g/mol. The van der Waals surface area contributed by atoms with Crippen LogP contribution in [0.2, 0.25) is 0 Å². The molecule has 0 bridgehead atoms. The van der Waals surface area contributed by atoms with Crippen LogP contribution in [0.3, 0.4) is 0 Å². The van der Waals surface area contributed by atoms with Gasteiger partial charge >= 0.3 is 5.97 Å². The van der Waals surface area contributed by atoms with E-state index in [-0.39, 0.29) is 5.97 Å². The van der Waals surface area contributed by atoms with Crippen LogP contribution >= 0.6 is 0 Å². The molecule has 1 atom stereocenters. The quantitative estimate of drug-likeness (QED) is 0.643. The zero-order chi connectivity index (χ0) is 10.6. The van der Waals surface area contributed by atoms with E-state index in [1.165, 1.54) is 6.42 Å². The van der Waals surface area contributed by atoms with Gasteiger partial charge in [-0.25, -0.2) is 0 Å². The lowest BCUT2D eigenvalue weighted by Gasteiger charge is -2.16. The topological polar surface area (TPSA) is 29.5 Å². The fourth-order valence-corrected chi connectivity index (χ4v) is 1.94. The Balaban J connectivity index is 2.25. The summed E-state index contributed by atoms with van der Waals surface area (Å²) in [6.07, 6.45) is 1.22. The van der Waals surface area contributed by atoms with Crippen LogP contribution in [-0.2, 0) is 9.53 Å². The maximum absolute atomic E-state index is 11.2. The number of ether oxygens (including phenoxy) is 1. The molecule has 1 fully saturated rings. The second-order valence-electron chi connectivity index (χ2n) is 4.33. The van der Waals surface area contributed by atoms with Gasteiger partial charge in [0.2, 0.25) is 0 Å². The number of hydrogen-bond acceptors (Lipinski definition) is 3. The summed E-state index contributed by atoms with van der Waals surface area (Å²) in [6, 6.07) is 0. The molecule has 1 aliphatic heterocycles. The number of rotatable bonds is 4. The third-order valence-corrected chi connectivity index (χ3v) is 2.91. The van der Waals surface area contributed by atoms with Crippen molar-refractivity contribution in [3.63, 3.8) is 0 Å². The van der Waals surface area contributed by atoms with Gasteiger partial charge in [0.1, 0.15) is 0 Å². The molecule has 1 aliphatic rings. The number of likely N-dealkylation sites (tertiary alicyclic amines) is 1. The third-order valence-electron chi connectivity index (χ3n) is 2.91. The third kappa shape index (κ3) is 3.29. The van der Waals surface area contributed by atoms with Crippen molar-refractivity contribution in [2.24, 2.45) is 11.8 Å². The van der Waals surface area contributed by atoms with Crippen molar-refractivity contribution in [3.8, 4) is 0 Å². The summed E-state index contributed by atoms with van der Waals surface area (Å²) < 4.78 is 4.92. The minimum Gasteiger partial charge on any atom is -0.465 e. The Labute approximate surface area is 86.4 Å². The van der Waals surface area contributed by atoms with Crippen LogP contribution in [0.15, 0.2) is 0 Å². The molecule has 3 heteroatoms. The van der Waals surface area contributed by atoms with E-state index in [1.54, 1.807) is 0 Å². The minimum atomic E-state index is -0.0862. The smallest absolute Gasteiger partial charge is 0.320 e. The van der Waals surface area contributed by atoms with Gasteiger partial charge in [-0.1, -0.05) is 13.8 Å². The van der Waals surface area contributed by atoms with Gasteiger partial charge in [0.05, 0.1) is 13.2 Å². The van der Waals surface area contributed by atoms with E-state index in [4.69, 9.17) is 4.74 Å². The van der Waals surface area contributed by atoms with Crippen molar-refractivity contribution in [3.05, 3.63) is 0 Å². The maximum atomic E-state index is 11.2. The summed E-state index contributed by atoms with van der Waals surface area (Å²) >= 11 is 0. The first-order valence-corrected chi connectivity index (χ1v) is 5.51. The standard InChI is InChI=1S/C11H21NO2/c1-4-14-11(13)8-12-6-5-10(7-12)9(2)3/h9-10H,4-8H2,1-3H3. The highest BCUT2D eigenvalue weighted by Crippen LogP contribution is 2.23. The monoisotopic (exact) mass is 199 g/mol. The van der Waals surface area contributed by atoms with Gasteiger partial charge in [-0.15, -0.1) is 0 Å². The van der Waals surface area contributed by atoms with E-state index in [2.05, 4.69) is 18.7 Å². The highest BCUT2D eigenvalue weighted by molar-refractivity contribution is 5.71. The number of esters is 1. The van der Waals surface area contributed by atoms with Crippen molar-refractivity contribution in [2.45, 2.75) is 27.2 Å². The van der Waals surface area contributed by atoms with Crippen molar-refractivity contribution >= 4 is 5.97 Å². The lowest BCUT2D eigenvalue weighted by Crippen LogP contribution is -2.29. The van der Waals surface area contributed by atoms with Crippen LogP contribution in [0.5, 0.6) is 0 Å². The number of nitrogens with zero attached hydrogens (tertiary/aromatic N) is 1. The summed E-state index contributed by atoms with van der Waals surface area (Å²) in [5.74, 6) is 1.39. The predicted octanol–water partition coefficient (Wildman–Crippen LogP) is 1.53. The molecule has 0 N–H and O–H groups in total. The zero-order valence-corrected chi connectivity index (χ0v) is 9.45. The summed E-state index contributed by atoms with van der Waals surface area (Å²) in [4.78, 5) is 13.4. The van der Waals surface area contributed by atoms with Gasteiger partial charge in [-0.05, 0) is 31.7 Å². The second-order valence-corrected chi connectivity index (χ2v) is 4.33. The number of carbonyl (C=O) groups excluding carboxylic acids is 1. The predicted molar refractivity (Wildman–Crippen MR) is 56.0 cm³/mol.